The largest absolute Gasteiger partial charge is 0.480 e. The number of hydrogen-bond donors (Lipinski definition) is 1. The van der Waals surface area contributed by atoms with E-state index in [2.05, 4.69) is 0 Å². The molecule has 0 radical (unpaired) electrons. The molecule has 0 bridgehead atoms. The highest BCUT2D eigenvalue weighted by molar-refractivity contribution is 5.98. The fraction of sp³-hybridized carbons (Fsp3) is 0.308. The number of carbonyl (C=O) groups is 3. The lowest BCUT2D eigenvalue weighted by molar-refractivity contribution is -0.140. The molecule has 1 aliphatic rings. The number of imide groups is 1. The van der Waals surface area contributed by atoms with Gasteiger partial charge in [0.15, 0.2) is 6.04 Å². The van der Waals surface area contributed by atoms with Gasteiger partial charge >= 0.3 is 18.1 Å². The van der Waals surface area contributed by atoms with E-state index >= 15 is 0 Å². The molecule has 1 aromatic rings. The molecule has 7 nitrogen and oxygen atoms in total. The summed E-state index contributed by atoms with van der Waals surface area (Å²) < 4.78 is 4.99. The maximum absolute atomic E-state index is 11.9. The Morgan fingerprint density at radius 3 is 2.60 bits per heavy atom. The van der Waals surface area contributed by atoms with Crippen LogP contribution in [0.25, 0.3) is 0 Å². The summed E-state index contributed by atoms with van der Waals surface area (Å²) in [5.74, 6) is -1.24. The molecule has 0 aromatic heterocycles. The minimum Gasteiger partial charge on any atom is -0.480 e. The van der Waals surface area contributed by atoms with E-state index in [9.17, 15) is 14.4 Å². The fourth-order valence-corrected chi connectivity index (χ4v) is 1.92. The highest BCUT2D eigenvalue weighted by atomic mass is 16.6. The van der Waals surface area contributed by atoms with Gasteiger partial charge in [-0.1, -0.05) is 30.3 Å². The van der Waals surface area contributed by atoms with Crippen molar-refractivity contribution in [1.82, 2.24) is 9.80 Å². The van der Waals surface area contributed by atoms with E-state index < -0.39 is 24.1 Å². The van der Waals surface area contributed by atoms with E-state index in [0.29, 0.717) is 4.90 Å². The minimum absolute atomic E-state index is 0.0144. The van der Waals surface area contributed by atoms with Gasteiger partial charge in [0.2, 0.25) is 0 Å². The number of carbonyl (C=O) groups excluding carboxylic acids is 2. The molecule has 1 N–H and O–H groups in total. The van der Waals surface area contributed by atoms with Crippen LogP contribution in [-0.2, 0) is 16.1 Å². The van der Waals surface area contributed by atoms with Gasteiger partial charge in [0, 0.05) is 7.05 Å². The Hall–Kier alpha value is -2.57. The van der Waals surface area contributed by atoms with Crippen LogP contribution in [0.5, 0.6) is 0 Å². The van der Waals surface area contributed by atoms with Crippen molar-refractivity contribution < 1.29 is 24.2 Å². The van der Waals surface area contributed by atoms with Gasteiger partial charge in [0.25, 0.3) is 0 Å². The average molecular weight is 278 g/mol. The summed E-state index contributed by atoms with van der Waals surface area (Å²) in [7, 11) is 1.43. The number of ether oxygens (including phenoxy) is 1. The first-order valence-corrected chi connectivity index (χ1v) is 5.98. The van der Waals surface area contributed by atoms with Crippen molar-refractivity contribution in [3.05, 3.63) is 35.9 Å². The van der Waals surface area contributed by atoms with E-state index in [-0.39, 0.29) is 13.2 Å². The smallest absolute Gasteiger partial charge is 0.419 e. The molecular weight excluding hydrogens is 264 g/mol. The highest BCUT2D eigenvalue weighted by Crippen LogP contribution is 2.16. The molecular formula is C13H14N2O5. The van der Waals surface area contributed by atoms with Gasteiger partial charge in [-0.15, -0.1) is 0 Å². The Bertz CT molecular complexity index is 531. The second-order valence-corrected chi connectivity index (χ2v) is 4.43. The zero-order valence-electron chi connectivity index (χ0n) is 10.9. The summed E-state index contributed by atoms with van der Waals surface area (Å²) in [5, 5.41) is 9.03. The number of urea groups is 1. The molecule has 1 saturated heterocycles. The lowest BCUT2D eigenvalue weighted by atomic mass is 10.2. The molecule has 106 valence electrons. The van der Waals surface area contributed by atoms with Crippen LogP contribution in [0.15, 0.2) is 30.3 Å². The molecule has 20 heavy (non-hydrogen) atoms. The molecule has 7 heteroatoms. The third-order valence-electron chi connectivity index (χ3n) is 2.98. The summed E-state index contributed by atoms with van der Waals surface area (Å²) in [6.07, 6.45) is -0.949. The van der Waals surface area contributed by atoms with Crippen LogP contribution < -0.4 is 0 Å². The molecule has 2 rings (SSSR count). The van der Waals surface area contributed by atoms with E-state index in [1.165, 1.54) is 11.9 Å². The van der Waals surface area contributed by atoms with Gasteiger partial charge in [0.05, 0.1) is 6.54 Å². The monoisotopic (exact) mass is 278 g/mol. The lowest BCUT2D eigenvalue weighted by Gasteiger charge is -2.17. The standard InChI is InChI=1S/C13H14N2O5/c1-14-7-10(11(16)17)15(12(14)18)13(19)20-8-9-5-3-2-4-6-9/h2-6,10H,7-8H2,1H3,(H,16,17). The van der Waals surface area contributed by atoms with E-state index in [1.807, 2.05) is 6.07 Å². The van der Waals surface area contributed by atoms with Crippen LogP contribution in [0.2, 0.25) is 0 Å². The van der Waals surface area contributed by atoms with Crippen molar-refractivity contribution in [3.63, 3.8) is 0 Å². The number of rotatable bonds is 3. The number of carboxylic acid groups (broad SMARTS) is 1. The summed E-state index contributed by atoms with van der Waals surface area (Å²) in [6, 6.07) is 7.05. The number of carboxylic acids is 1. The van der Waals surface area contributed by atoms with E-state index in [1.54, 1.807) is 24.3 Å². The van der Waals surface area contributed by atoms with Gasteiger partial charge in [-0.3, -0.25) is 0 Å². The van der Waals surface area contributed by atoms with Gasteiger partial charge in [-0.05, 0) is 5.56 Å². The lowest BCUT2D eigenvalue weighted by Crippen LogP contribution is -2.44. The van der Waals surface area contributed by atoms with E-state index in [0.717, 1.165) is 5.56 Å². The molecule has 1 fully saturated rings. The van der Waals surface area contributed by atoms with Crippen LogP contribution in [0.3, 0.4) is 0 Å². The maximum Gasteiger partial charge on any atom is 0.419 e. The molecule has 1 aliphatic heterocycles. The quantitative estimate of drug-likeness (QED) is 0.896. The zero-order chi connectivity index (χ0) is 14.7. The summed E-state index contributed by atoms with van der Waals surface area (Å²) in [6.45, 7) is -0.0614. The van der Waals surface area contributed by atoms with Gasteiger partial charge in [-0.2, -0.15) is 0 Å². The first-order valence-electron chi connectivity index (χ1n) is 5.98. The second kappa shape index (κ2) is 5.60. The Kier molecular flexibility index (Phi) is 3.88. The van der Waals surface area contributed by atoms with Gasteiger partial charge in [-0.25, -0.2) is 19.3 Å². The van der Waals surface area contributed by atoms with Crippen molar-refractivity contribution in [1.29, 1.82) is 0 Å². The first kappa shape index (κ1) is 13.9. The number of benzene rings is 1. The maximum atomic E-state index is 11.9. The number of nitrogens with zero attached hydrogens (tertiary/aromatic N) is 2. The van der Waals surface area contributed by atoms with E-state index in [4.69, 9.17) is 9.84 Å². The molecule has 1 heterocycles. The number of aliphatic carboxylic acids is 1. The summed E-state index contributed by atoms with van der Waals surface area (Å²) in [5.41, 5.74) is 0.757. The minimum atomic E-state index is -1.24. The Morgan fingerprint density at radius 1 is 1.35 bits per heavy atom. The van der Waals surface area contributed by atoms with Crippen molar-refractivity contribution in [2.45, 2.75) is 12.6 Å². The molecule has 0 aliphatic carbocycles. The van der Waals surface area contributed by atoms with Gasteiger partial charge in [0.1, 0.15) is 6.61 Å². The van der Waals surface area contributed by atoms with Crippen molar-refractivity contribution in [2.75, 3.05) is 13.6 Å². The first-order chi connectivity index (χ1) is 9.50. The van der Waals surface area contributed by atoms with Crippen molar-refractivity contribution in [2.24, 2.45) is 0 Å². The normalized spacial score (nSPS) is 18.2. The predicted octanol–water partition coefficient (Wildman–Crippen LogP) is 1.14. The van der Waals surface area contributed by atoms with Crippen LogP contribution in [0, 0.1) is 0 Å². The summed E-state index contributed by atoms with van der Waals surface area (Å²) >= 11 is 0. The molecule has 1 aromatic carbocycles. The van der Waals surface area contributed by atoms with Crippen molar-refractivity contribution >= 4 is 18.1 Å². The van der Waals surface area contributed by atoms with Crippen LogP contribution in [0.4, 0.5) is 9.59 Å². The zero-order valence-corrected chi connectivity index (χ0v) is 10.9. The summed E-state index contributed by atoms with van der Waals surface area (Å²) in [4.78, 5) is 36.5. The predicted molar refractivity (Wildman–Crippen MR) is 67.9 cm³/mol. The molecule has 1 atom stereocenters. The molecule has 0 saturated carbocycles. The number of hydrogen-bond acceptors (Lipinski definition) is 4. The molecule has 3 amide bonds. The Morgan fingerprint density at radius 2 is 2.00 bits per heavy atom. The van der Waals surface area contributed by atoms with Crippen LogP contribution in [-0.4, -0.2) is 52.6 Å². The third-order valence-corrected chi connectivity index (χ3v) is 2.98. The van der Waals surface area contributed by atoms with Crippen LogP contribution >= 0.6 is 0 Å². The van der Waals surface area contributed by atoms with Gasteiger partial charge < -0.3 is 14.7 Å². The number of amides is 3. The third kappa shape index (κ3) is 2.71. The molecule has 1 unspecified atom stereocenters. The van der Waals surface area contributed by atoms with Crippen LogP contribution in [0.1, 0.15) is 5.56 Å². The number of likely N-dealkylation sites (N-methyl/N-ethyl adjacent to an activating group) is 1. The Labute approximate surface area is 115 Å². The topological polar surface area (TPSA) is 87.2 Å². The Balaban J connectivity index is 2.03. The van der Waals surface area contributed by atoms with Crippen molar-refractivity contribution in [3.8, 4) is 0 Å². The highest BCUT2D eigenvalue weighted by Gasteiger charge is 2.44. The second-order valence-electron chi connectivity index (χ2n) is 4.43. The fourth-order valence-electron chi connectivity index (χ4n) is 1.92. The SMILES string of the molecule is CN1CC(C(=O)O)N(C(=O)OCc2ccccc2)C1=O. The molecule has 0 spiro atoms. The average Bonchev–Trinajstić information content (AvgIpc) is 2.74.